The third kappa shape index (κ3) is 5.19. The number of amides is 3. The maximum atomic E-state index is 12.8. The van der Waals surface area contributed by atoms with Crippen molar-refractivity contribution in [3.63, 3.8) is 0 Å². The average Bonchev–Trinajstić information content (AvgIpc) is 2.63. The molecule has 0 unspecified atom stereocenters. The van der Waals surface area contributed by atoms with Crippen LogP contribution in [0.3, 0.4) is 0 Å². The lowest BCUT2D eigenvalue weighted by atomic mass is 9.90. The Labute approximate surface area is 165 Å². The molecule has 0 radical (unpaired) electrons. The molecule has 0 saturated heterocycles. The van der Waals surface area contributed by atoms with Crippen LogP contribution < -0.4 is 16.0 Å². The fourth-order valence-electron chi connectivity index (χ4n) is 2.62. The number of hydrogen-bond donors (Lipinski definition) is 3. The Balaban J connectivity index is 2.09. The third-order valence-electron chi connectivity index (χ3n) is 4.43. The number of rotatable bonds is 6. The molecule has 0 bridgehead atoms. The van der Waals surface area contributed by atoms with E-state index in [2.05, 4.69) is 16.0 Å². The van der Waals surface area contributed by atoms with E-state index in [1.54, 1.807) is 38.1 Å². The summed E-state index contributed by atoms with van der Waals surface area (Å²) in [5, 5.41) is 8.30. The van der Waals surface area contributed by atoms with Crippen molar-refractivity contribution < 1.29 is 14.4 Å². The van der Waals surface area contributed by atoms with Gasteiger partial charge >= 0.3 is 0 Å². The smallest absolute Gasteiger partial charge is 0.239 e. The van der Waals surface area contributed by atoms with Crippen LogP contribution in [0.25, 0.3) is 0 Å². The molecule has 6 nitrogen and oxygen atoms in total. The van der Waals surface area contributed by atoms with Gasteiger partial charge in [0, 0.05) is 24.0 Å². The van der Waals surface area contributed by atoms with Crippen molar-refractivity contribution in [2.24, 2.45) is 5.41 Å². The Morgan fingerprint density at radius 2 is 1.29 bits per heavy atom. The normalized spacial score (nSPS) is 11.1. The zero-order valence-electron chi connectivity index (χ0n) is 16.9. The van der Waals surface area contributed by atoms with E-state index in [4.69, 9.17) is 0 Å². The molecule has 0 saturated carbocycles. The SMILES string of the molecule is CC(=O)Nc1ccc(NC(=O)C(C)(C)C(=O)Nc2ccccc2C(C)C)cc1. The largest absolute Gasteiger partial charge is 0.326 e. The van der Waals surface area contributed by atoms with Gasteiger partial charge < -0.3 is 16.0 Å². The number of anilines is 3. The first-order valence-corrected chi connectivity index (χ1v) is 9.20. The summed E-state index contributed by atoms with van der Waals surface area (Å²) >= 11 is 0. The molecule has 2 rings (SSSR count). The van der Waals surface area contributed by atoms with Crippen LogP contribution in [0.5, 0.6) is 0 Å². The van der Waals surface area contributed by atoms with Crippen LogP contribution in [0.2, 0.25) is 0 Å². The number of para-hydroxylation sites is 1. The average molecular weight is 381 g/mol. The number of carbonyl (C=O) groups is 3. The Kier molecular flexibility index (Phi) is 6.57. The van der Waals surface area contributed by atoms with E-state index >= 15 is 0 Å². The van der Waals surface area contributed by atoms with Crippen LogP contribution in [0, 0.1) is 5.41 Å². The summed E-state index contributed by atoms with van der Waals surface area (Å²) in [5.74, 6) is -0.723. The van der Waals surface area contributed by atoms with Crippen LogP contribution in [0.4, 0.5) is 17.1 Å². The maximum Gasteiger partial charge on any atom is 0.239 e. The van der Waals surface area contributed by atoms with E-state index in [1.807, 2.05) is 38.1 Å². The van der Waals surface area contributed by atoms with E-state index in [9.17, 15) is 14.4 Å². The fraction of sp³-hybridized carbons (Fsp3) is 0.318. The molecule has 3 amide bonds. The summed E-state index contributed by atoms with van der Waals surface area (Å²) in [4.78, 5) is 36.6. The van der Waals surface area contributed by atoms with Gasteiger partial charge in [0.1, 0.15) is 5.41 Å². The molecular weight excluding hydrogens is 354 g/mol. The summed E-state index contributed by atoms with van der Waals surface area (Å²) < 4.78 is 0. The first kappa shape index (κ1) is 21.2. The van der Waals surface area contributed by atoms with E-state index in [0.717, 1.165) is 5.56 Å². The van der Waals surface area contributed by atoms with Crippen molar-refractivity contribution in [3.05, 3.63) is 54.1 Å². The van der Waals surface area contributed by atoms with Crippen LogP contribution in [-0.4, -0.2) is 17.7 Å². The Bertz CT molecular complexity index is 871. The lowest BCUT2D eigenvalue weighted by Crippen LogP contribution is -2.41. The minimum absolute atomic E-state index is 0.170. The monoisotopic (exact) mass is 381 g/mol. The van der Waals surface area contributed by atoms with Gasteiger partial charge in [-0.2, -0.15) is 0 Å². The second kappa shape index (κ2) is 8.69. The predicted molar refractivity (Wildman–Crippen MR) is 112 cm³/mol. The van der Waals surface area contributed by atoms with Crippen molar-refractivity contribution >= 4 is 34.8 Å². The molecule has 0 heterocycles. The lowest BCUT2D eigenvalue weighted by molar-refractivity contribution is -0.135. The highest BCUT2D eigenvalue weighted by Crippen LogP contribution is 2.27. The topological polar surface area (TPSA) is 87.3 Å². The Morgan fingerprint density at radius 3 is 1.82 bits per heavy atom. The second-order valence-corrected chi connectivity index (χ2v) is 7.53. The number of carbonyl (C=O) groups excluding carboxylic acids is 3. The van der Waals surface area contributed by atoms with Gasteiger partial charge in [-0.05, 0) is 55.7 Å². The minimum Gasteiger partial charge on any atom is -0.326 e. The second-order valence-electron chi connectivity index (χ2n) is 7.53. The van der Waals surface area contributed by atoms with Crippen molar-refractivity contribution in [1.82, 2.24) is 0 Å². The summed E-state index contributed by atoms with van der Waals surface area (Å²) in [6, 6.07) is 14.3. The molecule has 28 heavy (non-hydrogen) atoms. The molecule has 0 aliphatic rings. The Hall–Kier alpha value is -3.15. The molecule has 6 heteroatoms. The van der Waals surface area contributed by atoms with E-state index in [-0.39, 0.29) is 17.7 Å². The van der Waals surface area contributed by atoms with Gasteiger partial charge in [-0.25, -0.2) is 0 Å². The van der Waals surface area contributed by atoms with Crippen molar-refractivity contribution in [2.75, 3.05) is 16.0 Å². The molecule has 0 fully saturated rings. The zero-order chi connectivity index (χ0) is 20.9. The molecule has 2 aromatic carbocycles. The van der Waals surface area contributed by atoms with Crippen LogP contribution in [0.15, 0.2) is 48.5 Å². The molecular formula is C22H27N3O3. The van der Waals surface area contributed by atoms with Gasteiger partial charge in [-0.3, -0.25) is 14.4 Å². The highest BCUT2D eigenvalue weighted by atomic mass is 16.2. The van der Waals surface area contributed by atoms with Crippen molar-refractivity contribution in [1.29, 1.82) is 0 Å². The first-order valence-electron chi connectivity index (χ1n) is 9.20. The number of benzene rings is 2. The third-order valence-corrected chi connectivity index (χ3v) is 4.43. The molecule has 0 spiro atoms. The summed E-state index contributed by atoms with van der Waals surface area (Å²) in [6.45, 7) is 8.69. The summed E-state index contributed by atoms with van der Waals surface area (Å²) in [7, 11) is 0. The van der Waals surface area contributed by atoms with Gasteiger partial charge in [0.15, 0.2) is 0 Å². The van der Waals surface area contributed by atoms with Crippen molar-refractivity contribution in [3.8, 4) is 0 Å². The van der Waals surface area contributed by atoms with Crippen LogP contribution >= 0.6 is 0 Å². The first-order chi connectivity index (χ1) is 13.1. The van der Waals surface area contributed by atoms with E-state index < -0.39 is 11.3 Å². The molecule has 0 aliphatic heterocycles. The quantitative estimate of drug-likeness (QED) is 0.649. The lowest BCUT2D eigenvalue weighted by Gasteiger charge is -2.24. The van der Waals surface area contributed by atoms with Gasteiger partial charge in [0.2, 0.25) is 17.7 Å². The fourth-order valence-corrected chi connectivity index (χ4v) is 2.62. The molecule has 0 aromatic heterocycles. The highest BCUT2D eigenvalue weighted by Gasteiger charge is 2.36. The summed E-state index contributed by atoms with van der Waals surface area (Å²) in [5.41, 5.74) is 1.62. The van der Waals surface area contributed by atoms with Gasteiger partial charge in [-0.1, -0.05) is 32.0 Å². The zero-order valence-corrected chi connectivity index (χ0v) is 16.9. The van der Waals surface area contributed by atoms with Gasteiger partial charge in [0.25, 0.3) is 0 Å². The molecule has 0 aliphatic carbocycles. The van der Waals surface area contributed by atoms with E-state index in [1.165, 1.54) is 6.92 Å². The van der Waals surface area contributed by atoms with Gasteiger partial charge in [-0.15, -0.1) is 0 Å². The molecule has 0 atom stereocenters. The maximum absolute atomic E-state index is 12.8. The summed E-state index contributed by atoms with van der Waals surface area (Å²) in [6.07, 6.45) is 0. The van der Waals surface area contributed by atoms with E-state index in [0.29, 0.717) is 17.1 Å². The predicted octanol–water partition coefficient (Wildman–Crippen LogP) is 4.37. The highest BCUT2D eigenvalue weighted by molar-refractivity contribution is 6.14. The molecule has 148 valence electrons. The minimum atomic E-state index is -1.28. The van der Waals surface area contributed by atoms with Crippen LogP contribution in [0.1, 0.15) is 46.1 Å². The Morgan fingerprint density at radius 1 is 0.786 bits per heavy atom. The van der Waals surface area contributed by atoms with Gasteiger partial charge in [0.05, 0.1) is 0 Å². The number of nitrogens with one attached hydrogen (secondary N) is 3. The molecule has 3 N–H and O–H groups in total. The number of hydrogen-bond acceptors (Lipinski definition) is 3. The molecule has 2 aromatic rings. The standard InChI is InChI=1S/C22H27N3O3/c1-14(2)18-8-6-7-9-19(18)25-21(28)22(4,5)20(27)24-17-12-10-16(11-13-17)23-15(3)26/h6-14H,1-5H3,(H,23,26)(H,24,27)(H,25,28). The van der Waals surface area contributed by atoms with Crippen molar-refractivity contribution in [2.45, 2.75) is 40.5 Å². The van der Waals surface area contributed by atoms with Crippen LogP contribution in [-0.2, 0) is 14.4 Å².